The average Bonchev–Trinajstić information content (AvgIpc) is 3.14. The first-order chi connectivity index (χ1) is 15.6. The highest BCUT2D eigenvalue weighted by molar-refractivity contribution is 6.30. The molecule has 0 bridgehead atoms. The lowest BCUT2D eigenvalue weighted by Gasteiger charge is -2.28. The fourth-order valence-corrected chi connectivity index (χ4v) is 5.30. The molecule has 0 atom stereocenters. The van der Waals surface area contributed by atoms with Crippen LogP contribution in [0.3, 0.4) is 0 Å². The van der Waals surface area contributed by atoms with Gasteiger partial charge in [-0.15, -0.1) is 10.2 Å². The third kappa shape index (κ3) is 4.17. The molecule has 8 heteroatoms. The Bertz CT molecular complexity index is 1090. The van der Waals surface area contributed by atoms with E-state index < -0.39 is 0 Å². The van der Waals surface area contributed by atoms with Crippen LogP contribution in [-0.2, 0) is 13.1 Å². The van der Waals surface area contributed by atoms with Crippen LogP contribution in [0.25, 0.3) is 5.69 Å². The molecule has 2 aliphatic rings. The number of hydrogen-bond donors (Lipinski definition) is 1. The van der Waals surface area contributed by atoms with Crippen molar-refractivity contribution in [2.24, 2.45) is 0 Å². The molecule has 0 saturated heterocycles. The minimum atomic E-state index is -0.195. The number of hydrogen-bond acceptors (Lipinski definition) is 5. The Hall–Kier alpha value is -2.35. The van der Waals surface area contributed by atoms with Gasteiger partial charge in [-0.05, 0) is 68.6 Å². The molecule has 0 spiro atoms. The van der Waals surface area contributed by atoms with Crippen molar-refractivity contribution in [2.45, 2.75) is 50.6 Å². The van der Waals surface area contributed by atoms with E-state index in [0.29, 0.717) is 11.6 Å². The van der Waals surface area contributed by atoms with E-state index in [-0.39, 0.29) is 11.7 Å². The second-order valence-corrected chi connectivity index (χ2v) is 9.25. The number of rotatable bonds is 5. The van der Waals surface area contributed by atoms with Crippen LogP contribution in [0.1, 0.15) is 60.4 Å². The van der Waals surface area contributed by atoms with Gasteiger partial charge in [0.2, 0.25) is 0 Å². The molecule has 32 heavy (non-hydrogen) atoms. The summed E-state index contributed by atoms with van der Waals surface area (Å²) in [5.74, 6) is 2.25. The van der Waals surface area contributed by atoms with E-state index in [1.165, 1.54) is 11.6 Å². The monoisotopic (exact) mass is 454 g/mol. The summed E-state index contributed by atoms with van der Waals surface area (Å²) in [5, 5.41) is 13.2. The van der Waals surface area contributed by atoms with Crippen LogP contribution < -0.4 is 5.32 Å². The van der Waals surface area contributed by atoms with Gasteiger partial charge in [-0.25, -0.2) is 4.39 Å². The first-order valence-corrected chi connectivity index (χ1v) is 11.7. The summed E-state index contributed by atoms with van der Waals surface area (Å²) in [6.45, 7) is 3.40. The summed E-state index contributed by atoms with van der Waals surface area (Å²) < 4.78 is 16.5. The van der Waals surface area contributed by atoms with Gasteiger partial charge in [0.1, 0.15) is 11.6 Å². The number of nitrogens with one attached hydrogen (secondary N) is 1. The number of nitrogens with zero attached hydrogens (tertiary/aromatic N) is 5. The van der Waals surface area contributed by atoms with Crippen LogP contribution in [0.2, 0.25) is 5.02 Å². The quantitative estimate of drug-likeness (QED) is 0.618. The highest BCUT2D eigenvalue weighted by atomic mass is 35.5. The number of halogens is 2. The van der Waals surface area contributed by atoms with E-state index in [2.05, 4.69) is 42.1 Å². The minimum Gasteiger partial charge on any atom is -0.318 e. The largest absolute Gasteiger partial charge is 0.318 e. The van der Waals surface area contributed by atoms with E-state index in [0.717, 1.165) is 74.2 Å². The van der Waals surface area contributed by atoms with E-state index >= 15 is 0 Å². The second-order valence-electron chi connectivity index (χ2n) is 8.82. The Morgan fingerprint density at radius 2 is 1.91 bits per heavy atom. The summed E-state index contributed by atoms with van der Waals surface area (Å²) >= 11 is 6.35. The molecule has 0 radical (unpaired) electrons. The molecule has 3 aromatic rings. The summed E-state index contributed by atoms with van der Waals surface area (Å²) in [7, 11) is 1.97. The fourth-order valence-electron chi connectivity index (χ4n) is 5.11. The maximum Gasteiger partial charge on any atom is 0.151 e. The molecule has 1 fully saturated rings. The maximum absolute atomic E-state index is 14.2. The molecular weight excluding hydrogens is 427 g/mol. The molecule has 3 heterocycles. The Morgan fingerprint density at radius 3 is 2.69 bits per heavy atom. The first-order valence-electron chi connectivity index (χ1n) is 11.3. The van der Waals surface area contributed by atoms with Gasteiger partial charge < -0.3 is 5.32 Å². The van der Waals surface area contributed by atoms with Crippen LogP contribution in [-0.4, -0.2) is 44.8 Å². The Labute approximate surface area is 192 Å². The summed E-state index contributed by atoms with van der Waals surface area (Å²) in [6, 6.07) is 9.25. The maximum atomic E-state index is 14.2. The van der Waals surface area contributed by atoms with E-state index in [4.69, 9.17) is 11.6 Å². The molecule has 1 saturated carbocycles. The molecule has 1 N–H and O–H groups in total. The number of pyridine rings is 1. The zero-order chi connectivity index (χ0) is 22.1. The Balaban J connectivity index is 1.43. The topological polar surface area (TPSA) is 58.9 Å². The molecule has 1 aromatic carbocycles. The van der Waals surface area contributed by atoms with Crippen molar-refractivity contribution in [2.75, 3.05) is 20.1 Å². The van der Waals surface area contributed by atoms with Gasteiger partial charge in [-0.2, -0.15) is 0 Å². The molecule has 5 rings (SSSR count). The highest BCUT2D eigenvalue weighted by Gasteiger charge is 2.32. The van der Waals surface area contributed by atoms with Gasteiger partial charge >= 0.3 is 0 Å². The van der Waals surface area contributed by atoms with Crippen molar-refractivity contribution in [3.8, 4) is 5.69 Å². The van der Waals surface area contributed by atoms with Gasteiger partial charge in [-0.3, -0.25) is 14.5 Å². The first kappa shape index (κ1) is 21.5. The molecule has 1 aliphatic heterocycles. The summed E-state index contributed by atoms with van der Waals surface area (Å²) in [4.78, 5) is 6.69. The minimum absolute atomic E-state index is 0.169. The van der Waals surface area contributed by atoms with Gasteiger partial charge in [0.05, 0.1) is 17.9 Å². The van der Waals surface area contributed by atoms with Crippen molar-refractivity contribution in [3.63, 3.8) is 0 Å². The van der Waals surface area contributed by atoms with Gasteiger partial charge in [0.25, 0.3) is 0 Å². The van der Waals surface area contributed by atoms with Crippen LogP contribution in [0.15, 0.2) is 36.5 Å². The highest BCUT2D eigenvalue weighted by Crippen LogP contribution is 2.41. The van der Waals surface area contributed by atoms with Crippen molar-refractivity contribution in [3.05, 3.63) is 70.3 Å². The predicted molar refractivity (Wildman–Crippen MR) is 123 cm³/mol. The van der Waals surface area contributed by atoms with Gasteiger partial charge in [0.15, 0.2) is 5.82 Å². The van der Waals surface area contributed by atoms with Crippen molar-refractivity contribution in [1.29, 1.82) is 0 Å². The summed E-state index contributed by atoms with van der Waals surface area (Å²) in [6.07, 6.45) is 5.40. The van der Waals surface area contributed by atoms with Gasteiger partial charge in [0, 0.05) is 42.7 Å². The lowest BCUT2D eigenvalue weighted by Crippen LogP contribution is -2.29. The smallest absolute Gasteiger partial charge is 0.151 e. The number of likely N-dealkylation sites (N-methyl/N-ethyl adjacent to an activating group) is 1. The van der Waals surface area contributed by atoms with Crippen molar-refractivity contribution in [1.82, 2.24) is 30.0 Å². The molecule has 2 aromatic heterocycles. The lowest BCUT2D eigenvalue weighted by atomic mass is 9.79. The molecule has 1 aliphatic carbocycles. The SMILES string of the molecule is CNCCN1Cc2cc(Cl)ccc2-n2c(nnc2C2CCC(c3ncccc3F)CC2)C1. The zero-order valence-corrected chi connectivity index (χ0v) is 19.0. The summed E-state index contributed by atoms with van der Waals surface area (Å²) in [5.41, 5.74) is 2.91. The van der Waals surface area contributed by atoms with Crippen molar-refractivity contribution < 1.29 is 4.39 Å². The van der Waals surface area contributed by atoms with Crippen LogP contribution in [0.4, 0.5) is 4.39 Å². The predicted octanol–water partition coefficient (Wildman–Crippen LogP) is 4.43. The van der Waals surface area contributed by atoms with Gasteiger partial charge in [-0.1, -0.05) is 11.6 Å². The van der Waals surface area contributed by atoms with Crippen LogP contribution in [0, 0.1) is 5.82 Å². The van der Waals surface area contributed by atoms with E-state index in [9.17, 15) is 4.39 Å². The van der Waals surface area contributed by atoms with Crippen LogP contribution >= 0.6 is 11.6 Å². The van der Waals surface area contributed by atoms with Crippen LogP contribution in [0.5, 0.6) is 0 Å². The molecule has 0 unspecified atom stereocenters. The Morgan fingerprint density at radius 1 is 1.09 bits per heavy atom. The molecular formula is C24H28ClFN6. The fraction of sp³-hybridized carbons (Fsp3) is 0.458. The van der Waals surface area contributed by atoms with Crippen molar-refractivity contribution >= 4 is 11.6 Å². The number of benzene rings is 1. The number of fused-ring (bicyclic) bond motifs is 3. The normalized spacial score (nSPS) is 21.1. The zero-order valence-electron chi connectivity index (χ0n) is 18.3. The lowest BCUT2D eigenvalue weighted by molar-refractivity contribution is 0.256. The molecule has 0 amide bonds. The van der Waals surface area contributed by atoms with E-state index in [1.54, 1.807) is 12.3 Å². The molecule has 168 valence electrons. The third-order valence-electron chi connectivity index (χ3n) is 6.74. The molecule has 6 nitrogen and oxygen atoms in total. The second kappa shape index (κ2) is 9.25. The van der Waals surface area contributed by atoms with E-state index in [1.807, 2.05) is 13.1 Å². The standard InChI is InChI=1S/C24H28ClFN6/c1-27-11-12-31-14-18-13-19(25)8-9-21(18)32-22(15-31)29-30-24(32)17-6-4-16(5-7-17)23-20(26)3-2-10-28-23/h2-3,8-10,13,16-17,27H,4-7,11-12,14-15H2,1H3. The third-order valence-corrected chi connectivity index (χ3v) is 6.98. The average molecular weight is 455 g/mol. The number of aromatic nitrogens is 4. The Kier molecular flexibility index (Phi) is 6.22.